The van der Waals surface area contributed by atoms with Gasteiger partial charge < -0.3 is 10.5 Å². The van der Waals surface area contributed by atoms with Crippen LogP contribution < -0.4 is 10.5 Å². The Balaban J connectivity index is 1.80. The molecule has 0 aliphatic rings. The van der Waals surface area contributed by atoms with Crippen molar-refractivity contribution in [2.45, 2.75) is 46.2 Å². The van der Waals surface area contributed by atoms with Crippen LogP contribution in [-0.2, 0) is 13.0 Å². The van der Waals surface area contributed by atoms with E-state index in [9.17, 15) is 0 Å². The van der Waals surface area contributed by atoms with Gasteiger partial charge in [-0.2, -0.15) is 5.10 Å². The van der Waals surface area contributed by atoms with E-state index in [0.29, 0.717) is 6.61 Å². The Morgan fingerprint density at radius 1 is 1.29 bits per heavy atom. The average molecular weight is 287 g/mol. The minimum absolute atomic E-state index is 0.0937. The van der Waals surface area contributed by atoms with Crippen LogP contribution in [-0.4, -0.2) is 22.4 Å². The summed E-state index contributed by atoms with van der Waals surface area (Å²) >= 11 is 0. The van der Waals surface area contributed by atoms with E-state index in [1.54, 1.807) is 0 Å². The predicted octanol–water partition coefficient (Wildman–Crippen LogP) is 2.86. The Kier molecular flexibility index (Phi) is 5.39. The van der Waals surface area contributed by atoms with Crippen molar-refractivity contribution in [1.29, 1.82) is 0 Å². The SMILES string of the molecule is CCn1nc(C)cc1CC(N)CCOc1cccc(C)c1. The second kappa shape index (κ2) is 7.27. The number of aryl methyl sites for hydroxylation is 3. The first-order chi connectivity index (χ1) is 10.1. The van der Waals surface area contributed by atoms with Gasteiger partial charge in [0.1, 0.15) is 5.75 Å². The summed E-state index contributed by atoms with van der Waals surface area (Å²) in [5.41, 5.74) is 9.68. The highest BCUT2D eigenvalue weighted by Crippen LogP contribution is 2.13. The maximum absolute atomic E-state index is 6.21. The van der Waals surface area contributed by atoms with Crippen LogP contribution in [0.5, 0.6) is 5.75 Å². The average Bonchev–Trinajstić information content (AvgIpc) is 2.78. The van der Waals surface area contributed by atoms with E-state index in [2.05, 4.69) is 31.1 Å². The number of aromatic nitrogens is 2. The Bertz CT molecular complexity index is 577. The summed E-state index contributed by atoms with van der Waals surface area (Å²) in [6, 6.07) is 10.3. The van der Waals surface area contributed by atoms with Crippen LogP contribution in [0.25, 0.3) is 0 Å². The fourth-order valence-corrected chi connectivity index (χ4v) is 2.44. The van der Waals surface area contributed by atoms with E-state index in [1.807, 2.05) is 29.8 Å². The van der Waals surface area contributed by atoms with Gasteiger partial charge in [-0.15, -0.1) is 0 Å². The summed E-state index contributed by atoms with van der Waals surface area (Å²) < 4.78 is 7.78. The van der Waals surface area contributed by atoms with Crippen molar-refractivity contribution in [1.82, 2.24) is 9.78 Å². The fourth-order valence-electron chi connectivity index (χ4n) is 2.44. The minimum Gasteiger partial charge on any atom is -0.494 e. The van der Waals surface area contributed by atoms with Gasteiger partial charge in [0.15, 0.2) is 0 Å². The molecule has 114 valence electrons. The maximum atomic E-state index is 6.21. The molecule has 0 amide bonds. The molecule has 2 N–H and O–H groups in total. The summed E-state index contributed by atoms with van der Waals surface area (Å²) in [5, 5.41) is 4.45. The van der Waals surface area contributed by atoms with Crippen molar-refractivity contribution in [2.24, 2.45) is 5.73 Å². The first-order valence-corrected chi connectivity index (χ1v) is 7.57. The zero-order chi connectivity index (χ0) is 15.2. The molecule has 0 spiro atoms. The van der Waals surface area contributed by atoms with Crippen molar-refractivity contribution in [3.05, 3.63) is 47.3 Å². The molecular weight excluding hydrogens is 262 g/mol. The van der Waals surface area contributed by atoms with Crippen molar-refractivity contribution < 1.29 is 4.74 Å². The van der Waals surface area contributed by atoms with Crippen molar-refractivity contribution in [2.75, 3.05) is 6.61 Å². The lowest BCUT2D eigenvalue weighted by atomic mass is 10.1. The zero-order valence-corrected chi connectivity index (χ0v) is 13.2. The van der Waals surface area contributed by atoms with Gasteiger partial charge in [0.05, 0.1) is 12.3 Å². The van der Waals surface area contributed by atoms with Crippen LogP contribution in [0.15, 0.2) is 30.3 Å². The molecule has 2 aromatic rings. The second-order valence-electron chi connectivity index (χ2n) is 5.51. The lowest BCUT2D eigenvalue weighted by Crippen LogP contribution is -2.26. The molecular formula is C17H25N3O. The molecule has 4 nitrogen and oxygen atoms in total. The van der Waals surface area contributed by atoms with E-state index >= 15 is 0 Å². The van der Waals surface area contributed by atoms with Crippen LogP contribution in [0, 0.1) is 13.8 Å². The maximum Gasteiger partial charge on any atom is 0.119 e. The summed E-state index contributed by atoms with van der Waals surface area (Å²) in [7, 11) is 0. The van der Waals surface area contributed by atoms with E-state index in [4.69, 9.17) is 10.5 Å². The van der Waals surface area contributed by atoms with Crippen molar-refractivity contribution in [3.63, 3.8) is 0 Å². The Hall–Kier alpha value is -1.81. The van der Waals surface area contributed by atoms with Crippen molar-refractivity contribution >= 4 is 0 Å². The molecule has 1 atom stereocenters. The molecule has 0 radical (unpaired) electrons. The highest BCUT2D eigenvalue weighted by Gasteiger charge is 2.10. The summed E-state index contributed by atoms with van der Waals surface area (Å²) in [6.07, 6.45) is 1.67. The highest BCUT2D eigenvalue weighted by molar-refractivity contribution is 5.27. The molecule has 1 aromatic carbocycles. The number of hydrogen-bond acceptors (Lipinski definition) is 3. The molecule has 21 heavy (non-hydrogen) atoms. The van der Waals surface area contributed by atoms with Crippen LogP contribution in [0.3, 0.4) is 0 Å². The number of nitrogens with two attached hydrogens (primary N) is 1. The van der Waals surface area contributed by atoms with Crippen LogP contribution in [0.4, 0.5) is 0 Å². The molecule has 0 fully saturated rings. The van der Waals surface area contributed by atoms with Gasteiger partial charge >= 0.3 is 0 Å². The van der Waals surface area contributed by atoms with E-state index in [-0.39, 0.29) is 6.04 Å². The molecule has 0 saturated carbocycles. The van der Waals surface area contributed by atoms with Gasteiger partial charge in [-0.3, -0.25) is 4.68 Å². The van der Waals surface area contributed by atoms with Crippen LogP contribution in [0.1, 0.15) is 30.3 Å². The lowest BCUT2D eigenvalue weighted by molar-refractivity contribution is 0.296. The van der Waals surface area contributed by atoms with Gasteiger partial charge in [-0.1, -0.05) is 12.1 Å². The Labute approximate surface area is 126 Å². The molecule has 4 heteroatoms. The standard InChI is InChI=1S/C17H25N3O/c1-4-20-16(11-14(3)19-20)12-15(18)8-9-21-17-7-5-6-13(2)10-17/h5-7,10-11,15H,4,8-9,12,18H2,1-3H3. The third-order valence-electron chi connectivity index (χ3n) is 3.50. The number of hydrogen-bond donors (Lipinski definition) is 1. The minimum atomic E-state index is 0.0937. The largest absolute Gasteiger partial charge is 0.494 e. The van der Waals surface area contributed by atoms with Crippen LogP contribution in [0.2, 0.25) is 0 Å². The molecule has 0 saturated heterocycles. The first-order valence-electron chi connectivity index (χ1n) is 7.57. The normalized spacial score (nSPS) is 12.4. The summed E-state index contributed by atoms with van der Waals surface area (Å²) in [5.74, 6) is 0.914. The third-order valence-corrected chi connectivity index (χ3v) is 3.50. The smallest absolute Gasteiger partial charge is 0.119 e. The molecule has 2 rings (SSSR count). The number of rotatable bonds is 7. The fraction of sp³-hybridized carbons (Fsp3) is 0.471. The van der Waals surface area contributed by atoms with E-state index in [1.165, 1.54) is 11.3 Å². The van der Waals surface area contributed by atoms with E-state index in [0.717, 1.165) is 30.8 Å². The Morgan fingerprint density at radius 3 is 2.81 bits per heavy atom. The highest BCUT2D eigenvalue weighted by atomic mass is 16.5. The predicted molar refractivity (Wildman–Crippen MR) is 85.6 cm³/mol. The number of benzene rings is 1. The summed E-state index contributed by atoms with van der Waals surface area (Å²) in [6.45, 7) is 7.71. The number of nitrogens with zero attached hydrogens (tertiary/aromatic N) is 2. The molecule has 1 aromatic heterocycles. The molecule has 0 bridgehead atoms. The van der Waals surface area contributed by atoms with Crippen LogP contribution >= 0.6 is 0 Å². The quantitative estimate of drug-likeness (QED) is 0.852. The number of ether oxygens (including phenoxy) is 1. The monoisotopic (exact) mass is 287 g/mol. The van der Waals surface area contributed by atoms with Gasteiger partial charge in [0.25, 0.3) is 0 Å². The molecule has 1 heterocycles. The first kappa shape index (κ1) is 15.6. The van der Waals surface area contributed by atoms with Gasteiger partial charge in [0.2, 0.25) is 0 Å². The van der Waals surface area contributed by atoms with Gasteiger partial charge in [-0.25, -0.2) is 0 Å². The topological polar surface area (TPSA) is 53.1 Å². The summed E-state index contributed by atoms with van der Waals surface area (Å²) in [4.78, 5) is 0. The lowest BCUT2D eigenvalue weighted by Gasteiger charge is -2.13. The van der Waals surface area contributed by atoms with Crippen molar-refractivity contribution in [3.8, 4) is 5.75 Å². The second-order valence-corrected chi connectivity index (χ2v) is 5.51. The third kappa shape index (κ3) is 4.60. The van der Waals surface area contributed by atoms with Gasteiger partial charge in [-0.05, 0) is 51.0 Å². The molecule has 0 aliphatic heterocycles. The zero-order valence-electron chi connectivity index (χ0n) is 13.2. The molecule has 1 unspecified atom stereocenters. The van der Waals surface area contributed by atoms with E-state index < -0.39 is 0 Å². The Morgan fingerprint density at radius 2 is 2.10 bits per heavy atom. The van der Waals surface area contributed by atoms with Gasteiger partial charge in [0, 0.05) is 24.7 Å². The molecule has 0 aliphatic carbocycles.